The van der Waals surface area contributed by atoms with Gasteiger partial charge in [-0.3, -0.25) is 9.59 Å². The highest BCUT2D eigenvalue weighted by Crippen LogP contribution is 2.07. The van der Waals surface area contributed by atoms with Crippen molar-refractivity contribution in [3.8, 4) is 0 Å². The average Bonchev–Trinajstić information content (AvgIpc) is 2.49. The largest absolute Gasteiger partial charge is 0.355 e. The first-order chi connectivity index (χ1) is 10.1. The summed E-state index contributed by atoms with van der Waals surface area (Å²) < 4.78 is 0. The summed E-state index contributed by atoms with van der Waals surface area (Å²) in [6.45, 7) is 2.38. The third-order valence-corrected chi connectivity index (χ3v) is 4.06. The molecule has 2 atom stereocenters. The zero-order valence-corrected chi connectivity index (χ0v) is 12.7. The number of carbonyl (C=O) groups is 2. The molecule has 1 heterocycles. The van der Waals surface area contributed by atoms with E-state index in [1.807, 2.05) is 30.3 Å². The van der Waals surface area contributed by atoms with Crippen LogP contribution in [0.1, 0.15) is 12.5 Å². The van der Waals surface area contributed by atoms with Gasteiger partial charge in [0.25, 0.3) is 0 Å². The molecule has 0 spiro atoms. The standard InChI is InChI=1S/C14H20N4O2S/c1-10-13(20)16-14(18-17-10)21-9-12(19)15-8-7-11-5-3-2-4-6-11/h2-6,10,14,17-18H,7-9H2,1H3,(H,15,19)(H,16,20). The molecule has 1 aromatic carbocycles. The summed E-state index contributed by atoms with van der Waals surface area (Å²) in [6, 6.07) is 9.75. The predicted octanol–water partition coefficient (Wildman–Crippen LogP) is -0.0254. The van der Waals surface area contributed by atoms with Crippen molar-refractivity contribution in [3.63, 3.8) is 0 Å². The Morgan fingerprint density at radius 2 is 2.05 bits per heavy atom. The van der Waals surface area contributed by atoms with E-state index in [1.165, 1.54) is 17.3 Å². The molecule has 0 saturated carbocycles. The van der Waals surface area contributed by atoms with Crippen LogP contribution in [-0.4, -0.2) is 35.7 Å². The van der Waals surface area contributed by atoms with Crippen molar-refractivity contribution in [2.45, 2.75) is 24.9 Å². The summed E-state index contributed by atoms with van der Waals surface area (Å²) in [7, 11) is 0. The number of amides is 2. The maximum absolute atomic E-state index is 11.7. The summed E-state index contributed by atoms with van der Waals surface area (Å²) in [5.74, 6) is 0.185. The molecule has 4 N–H and O–H groups in total. The number of rotatable bonds is 6. The minimum absolute atomic E-state index is 0.0365. The molecule has 0 radical (unpaired) electrons. The maximum atomic E-state index is 11.7. The molecule has 0 aromatic heterocycles. The molecule has 0 aliphatic carbocycles. The third-order valence-electron chi connectivity index (χ3n) is 3.06. The number of nitrogens with one attached hydrogen (secondary N) is 4. The van der Waals surface area contributed by atoms with Crippen LogP contribution < -0.4 is 21.5 Å². The summed E-state index contributed by atoms with van der Waals surface area (Å²) >= 11 is 1.34. The molecular weight excluding hydrogens is 288 g/mol. The van der Waals surface area contributed by atoms with Crippen molar-refractivity contribution in [3.05, 3.63) is 35.9 Å². The van der Waals surface area contributed by atoms with E-state index in [2.05, 4.69) is 21.5 Å². The zero-order chi connectivity index (χ0) is 15.1. The van der Waals surface area contributed by atoms with Gasteiger partial charge in [0, 0.05) is 6.54 Å². The Bertz CT molecular complexity index is 483. The van der Waals surface area contributed by atoms with Gasteiger partial charge >= 0.3 is 0 Å². The molecule has 1 aromatic rings. The highest BCUT2D eigenvalue weighted by molar-refractivity contribution is 8.00. The van der Waals surface area contributed by atoms with Gasteiger partial charge in [0.2, 0.25) is 11.8 Å². The average molecular weight is 308 g/mol. The van der Waals surface area contributed by atoms with E-state index in [0.29, 0.717) is 12.3 Å². The monoisotopic (exact) mass is 308 g/mol. The first kappa shape index (κ1) is 15.8. The van der Waals surface area contributed by atoms with E-state index < -0.39 is 0 Å². The summed E-state index contributed by atoms with van der Waals surface area (Å²) in [5.41, 5.74) is 6.71. The van der Waals surface area contributed by atoms with Gasteiger partial charge in [-0.2, -0.15) is 0 Å². The molecule has 1 aliphatic rings. The molecule has 0 bridgehead atoms. The molecule has 1 saturated heterocycles. The summed E-state index contributed by atoms with van der Waals surface area (Å²) in [5, 5.41) is 5.64. The Hall–Kier alpha value is -1.57. The topological polar surface area (TPSA) is 82.3 Å². The van der Waals surface area contributed by atoms with E-state index in [1.54, 1.807) is 6.92 Å². The SMILES string of the molecule is CC1NNC(SCC(=O)NCCc2ccccc2)NC1=O. The van der Waals surface area contributed by atoms with Crippen molar-refractivity contribution in [2.24, 2.45) is 0 Å². The third kappa shape index (κ3) is 5.37. The molecule has 1 aliphatic heterocycles. The van der Waals surface area contributed by atoms with Crippen molar-refractivity contribution in [1.29, 1.82) is 0 Å². The molecule has 6 nitrogen and oxygen atoms in total. The van der Waals surface area contributed by atoms with Crippen LogP contribution in [0.2, 0.25) is 0 Å². The molecular formula is C14H20N4O2S. The second-order valence-corrected chi connectivity index (χ2v) is 5.89. The second kappa shape index (κ2) is 8.02. The van der Waals surface area contributed by atoms with Gasteiger partial charge in [0.1, 0.15) is 5.50 Å². The van der Waals surface area contributed by atoms with Crippen LogP contribution in [0.4, 0.5) is 0 Å². The highest BCUT2D eigenvalue weighted by atomic mass is 32.2. The van der Waals surface area contributed by atoms with E-state index >= 15 is 0 Å². The molecule has 7 heteroatoms. The Morgan fingerprint density at radius 3 is 2.76 bits per heavy atom. The van der Waals surface area contributed by atoms with Gasteiger partial charge in [-0.15, -0.1) is 11.8 Å². The number of thioether (sulfide) groups is 1. The van der Waals surface area contributed by atoms with Crippen molar-refractivity contribution < 1.29 is 9.59 Å². The number of hydrogen-bond donors (Lipinski definition) is 4. The lowest BCUT2D eigenvalue weighted by Gasteiger charge is -2.28. The number of hydrogen-bond acceptors (Lipinski definition) is 5. The molecule has 2 rings (SSSR count). The van der Waals surface area contributed by atoms with Gasteiger partial charge in [-0.1, -0.05) is 30.3 Å². The Kier molecular flexibility index (Phi) is 6.04. The summed E-state index contributed by atoms with van der Waals surface area (Å²) in [4.78, 5) is 23.2. The fourth-order valence-electron chi connectivity index (χ4n) is 1.84. The van der Waals surface area contributed by atoms with Gasteiger partial charge in [0.15, 0.2) is 0 Å². The van der Waals surface area contributed by atoms with Crippen molar-refractivity contribution >= 4 is 23.6 Å². The first-order valence-electron chi connectivity index (χ1n) is 6.89. The minimum Gasteiger partial charge on any atom is -0.355 e. The lowest BCUT2D eigenvalue weighted by molar-refractivity contribution is -0.125. The minimum atomic E-state index is -0.284. The van der Waals surface area contributed by atoms with E-state index in [4.69, 9.17) is 0 Å². The smallest absolute Gasteiger partial charge is 0.240 e. The fourth-order valence-corrected chi connectivity index (χ4v) is 2.61. The maximum Gasteiger partial charge on any atom is 0.240 e. The normalized spacial score (nSPS) is 21.7. The predicted molar refractivity (Wildman–Crippen MR) is 83.3 cm³/mol. The van der Waals surface area contributed by atoms with Crippen LogP contribution >= 0.6 is 11.8 Å². The molecule has 114 valence electrons. The molecule has 2 unspecified atom stereocenters. The van der Waals surface area contributed by atoms with Crippen molar-refractivity contribution in [2.75, 3.05) is 12.3 Å². The van der Waals surface area contributed by atoms with Gasteiger partial charge in [-0.05, 0) is 18.9 Å². The van der Waals surface area contributed by atoms with Crippen LogP contribution in [0, 0.1) is 0 Å². The van der Waals surface area contributed by atoms with E-state index in [9.17, 15) is 9.59 Å². The molecule has 21 heavy (non-hydrogen) atoms. The number of hydrazine groups is 1. The van der Waals surface area contributed by atoms with Gasteiger partial charge < -0.3 is 10.6 Å². The first-order valence-corrected chi connectivity index (χ1v) is 7.93. The quantitative estimate of drug-likeness (QED) is 0.593. The van der Waals surface area contributed by atoms with Crippen LogP contribution in [0.25, 0.3) is 0 Å². The lowest BCUT2D eigenvalue weighted by atomic mass is 10.1. The molecule has 1 fully saturated rings. The van der Waals surface area contributed by atoms with Crippen LogP contribution in [0.3, 0.4) is 0 Å². The van der Waals surface area contributed by atoms with E-state index in [-0.39, 0.29) is 23.4 Å². The van der Waals surface area contributed by atoms with Crippen LogP contribution in [0.15, 0.2) is 30.3 Å². The second-order valence-electron chi connectivity index (χ2n) is 4.80. The Balaban J connectivity index is 1.60. The zero-order valence-electron chi connectivity index (χ0n) is 11.9. The van der Waals surface area contributed by atoms with E-state index in [0.717, 1.165) is 6.42 Å². The summed E-state index contributed by atoms with van der Waals surface area (Å²) in [6.07, 6.45) is 0.814. The Labute approximate surface area is 128 Å². The van der Waals surface area contributed by atoms with Crippen LogP contribution in [-0.2, 0) is 16.0 Å². The van der Waals surface area contributed by atoms with Crippen molar-refractivity contribution in [1.82, 2.24) is 21.5 Å². The Morgan fingerprint density at radius 1 is 1.29 bits per heavy atom. The highest BCUT2D eigenvalue weighted by Gasteiger charge is 2.23. The fraction of sp³-hybridized carbons (Fsp3) is 0.429. The number of carbonyl (C=O) groups excluding carboxylic acids is 2. The van der Waals surface area contributed by atoms with Gasteiger partial charge in [-0.25, -0.2) is 10.9 Å². The molecule has 2 amide bonds. The van der Waals surface area contributed by atoms with Crippen LogP contribution in [0.5, 0.6) is 0 Å². The number of benzene rings is 1. The lowest BCUT2D eigenvalue weighted by Crippen LogP contribution is -2.63. The van der Waals surface area contributed by atoms with Gasteiger partial charge in [0.05, 0.1) is 11.8 Å².